The number of benzene rings is 1. The Morgan fingerprint density at radius 2 is 2.14 bits per heavy atom. The molecule has 0 aromatic heterocycles. The van der Waals surface area contributed by atoms with Crippen LogP contribution in [0, 0.1) is 17.8 Å². The second-order valence-corrected chi connectivity index (χ2v) is 5.95. The van der Waals surface area contributed by atoms with E-state index < -0.39 is 0 Å². The molecule has 1 aliphatic carbocycles. The van der Waals surface area contributed by atoms with Gasteiger partial charge in [-0.1, -0.05) is 11.8 Å². The molecule has 0 saturated heterocycles. The van der Waals surface area contributed by atoms with Crippen LogP contribution in [-0.4, -0.2) is 36.3 Å². The molecule has 0 amide bonds. The van der Waals surface area contributed by atoms with E-state index in [1.807, 2.05) is 12.1 Å². The number of aliphatic hydroxyl groups is 1. The Balaban J connectivity index is 2.17. The molecule has 21 heavy (non-hydrogen) atoms. The Bertz CT molecular complexity index is 524. The normalized spacial score (nSPS) is 14.2. The average Bonchev–Trinajstić information content (AvgIpc) is 3.28. The predicted molar refractivity (Wildman–Crippen MR) is 85.2 cm³/mol. The minimum Gasteiger partial charge on any atom is -0.496 e. The molecule has 0 spiro atoms. The number of rotatable bonds is 6. The maximum Gasteiger partial charge on any atom is 0.123 e. The van der Waals surface area contributed by atoms with Crippen molar-refractivity contribution in [2.75, 3.05) is 20.3 Å². The van der Waals surface area contributed by atoms with E-state index in [4.69, 9.17) is 9.84 Å². The van der Waals surface area contributed by atoms with Crippen molar-refractivity contribution < 1.29 is 9.84 Å². The van der Waals surface area contributed by atoms with Crippen molar-refractivity contribution in [1.82, 2.24) is 4.90 Å². The zero-order valence-corrected chi connectivity index (χ0v) is 13.2. The van der Waals surface area contributed by atoms with E-state index in [0.29, 0.717) is 6.04 Å². The van der Waals surface area contributed by atoms with Gasteiger partial charge in [-0.2, -0.15) is 0 Å². The fraction of sp³-hybridized carbons (Fsp3) is 0.556. The Morgan fingerprint density at radius 1 is 1.38 bits per heavy atom. The Morgan fingerprint density at radius 3 is 2.71 bits per heavy atom. The van der Waals surface area contributed by atoms with Gasteiger partial charge in [0.15, 0.2) is 0 Å². The number of nitrogens with zero attached hydrogens (tertiary/aromatic N) is 1. The van der Waals surface area contributed by atoms with Gasteiger partial charge >= 0.3 is 0 Å². The highest BCUT2D eigenvalue weighted by Crippen LogP contribution is 2.31. The molecule has 0 bridgehead atoms. The summed E-state index contributed by atoms with van der Waals surface area (Å²) in [5, 5.41) is 8.82. The summed E-state index contributed by atoms with van der Waals surface area (Å²) in [5.41, 5.74) is 2.09. The third-order valence-electron chi connectivity index (χ3n) is 3.89. The predicted octanol–water partition coefficient (Wildman–Crippen LogP) is 2.66. The van der Waals surface area contributed by atoms with Crippen LogP contribution in [-0.2, 0) is 6.54 Å². The maximum absolute atomic E-state index is 8.82. The third-order valence-corrected chi connectivity index (χ3v) is 3.89. The van der Waals surface area contributed by atoms with Crippen molar-refractivity contribution >= 4 is 0 Å². The summed E-state index contributed by atoms with van der Waals surface area (Å²) in [6.07, 6.45) is 2.73. The van der Waals surface area contributed by atoms with E-state index in [1.54, 1.807) is 7.11 Å². The minimum absolute atomic E-state index is 0.110. The molecule has 114 valence electrons. The van der Waals surface area contributed by atoms with Crippen molar-refractivity contribution in [3.63, 3.8) is 0 Å². The Hall–Kier alpha value is -1.50. The average molecular weight is 287 g/mol. The lowest BCUT2D eigenvalue weighted by molar-refractivity contribution is 0.201. The smallest absolute Gasteiger partial charge is 0.123 e. The third kappa shape index (κ3) is 4.77. The minimum atomic E-state index is -0.110. The van der Waals surface area contributed by atoms with Gasteiger partial charge in [0.2, 0.25) is 0 Å². The first-order valence-electron chi connectivity index (χ1n) is 7.64. The molecule has 0 unspecified atom stereocenters. The second kappa shape index (κ2) is 7.49. The van der Waals surface area contributed by atoms with Gasteiger partial charge < -0.3 is 9.84 Å². The van der Waals surface area contributed by atoms with Crippen LogP contribution in [0.5, 0.6) is 5.75 Å². The van der Waals surface area contributed by atoms with Gasteiger partial charge in [-0.05, 0) is 50.8 Å². The molecular formula is C18H25NO2. The number of hydrogen-bond acceptors (Lipinski definition) is 3. The fourth-order valence-corrected chi connectivity index (χ4v) is 2.43. The molecular weight excluding hydrogens is 262 g/mol. The van der Waals surface area contributed by atoms with Gasteiger partial charge in [0.25, 0.3) is 0 Å². The first-order valence-corrected chi connectivity index (χ1v) is 7.64. The molecule has 3 nitrogen and oxygen atoms in total. The molecule has 1 fully saturated rings. The maximum atomic E-state index is 8.82. The Labute approximate surface area is 127 Å². The number of aliphatic hydroxyl groups excluding tert-OH is 1. The molecule has 1 aliphatic rings. The SMILES string of the molecule is COc1ccc(C#CCO)cc1CN(CC1CC1)C(C)C. The summed E-state index contributed by atoms with van der Waals surface area (Å²) < 4.78 is 5.48. The first kappa shape index (κ1) is 15.9. The second-order valence-electron chi connectivity index (χ2n) is 5.95. The van der Waals surface area contributed by atoms with E-state index in [-0.39, 0.29) is 6.61 Å². The fourth-order valence-electron chi connectivity index (χ4n) is 2.43. The molecule has 0 aliphatic heterocycles. The van der Waals surface area contributed by atoms with Gasteiger partial charge in [0.1, 0.15) is 12.4 Å². The van der Waals surface area contributed by atoms with Crippen molar-refractivity contribution in [3.8, 4) is 17.6 Å². The monoisotopic (exact) mass is 287 g/mol. The summed E-state index contributed by atoms with van der Waals surface area (Å²) in [6.45, 7) is 6.41. The zero-order valence-electron chi connectivity index (χ0n) is 13.2. The first-order chi connectivity index (χ1) is 10.1. The molecule has 1 saturated carbocycles. The highest BCUT2D eigenvalue weighted by atomic mass is 16.5. The van der Waals surface area contributed by atoms with Crippen LogP contribution >= 0.6 is 0 Å². The van der Waals surface area contributed by atoms with E-state index in [2.05, 4.69) is 36.7 Å². The summed E-state index contributed by atoms with van der Waals surface area (Å²) in [7, 11) is 1.71. The highest BCUT2D eigenvalue weighted by Gasteiger charge is 2.26. The van der Waals surface area contributed by atoms with Crippen LogP contribution in [0.15, 0.2) is 18.2 Å². The van der Waals surface area contributed by atoms with Gasteiger partial charge in [-0.15, -0.1) is 0 Å². The molecule has 2 rings (SSSR count). The van der Waals surface area contributed by atoms with Crippen LogP contribution in [0.3, 0.4) is 0 Å². The molecule has 1 aromatic rings. The van der Waals surface area contributed by atoms with Gasteiger partial charge in [-0.25, -0.2) is 0 Å². The molecule has 0 radical (unpaired) electrons. The van der Waals surface area contributed by atoms with Crippen molar-refractivity contribution in [2.45, 2.75) is 39.3 Å². The number of ether oxygens (including phenoxy) is 1. The largest absolute Gasteiger partial charge is 0.496 e. The van der Waals surface area contributed by atoms with Crippen LogP contribution in [0.2, 0.25) is 0 Å². The van der Waals surface area contributed by atoms with E-state index in [9.17, 15) is 0 Å². The van der Waals surface area contributed by atoms with Crippen LogP contribution in [0.1, 0.15) is 37.8 Å². The van der Waals surface area contributed by atoms with Crippen molar-refractivity contribution in [3.05, 3.63) is 29.3 Å². The molecule has 0 atom stereocenters. The molecule has 1 N–H and O–H groups in total. The lowest BCUT2D eigenvalue weighted by Crippen LogP contribution is -2.32. The van der Waals surface area contributed by atoms with Gasteiger partial charge in [0, 0.05) is 30.3 Å². The lowest BCUT2D eigenvalue weighted by atomic mass is 10.1. The lowest BCUT2D eigenvalue weighted by Gasteiger charge is -2.27. The summed E-state index contributed by atoms with van der Waals surface area (Å²) in [5.74, 6) is 7.45. The number of hydrogen-bond donors (Lipinski definition) is 1. The standard InChI is InChI=1S/C18H25NO2/c1-14(2)19(12-16-6-7-16)13-17-11-15(5-4-10-20)8-9-18(17)21-3/h8-9,11,14,16,20H,6-7,10,12-13H2,1-3H3. The van der Waals surface area contributed by atoms with Crippen LogP contribution < -0.4 is 4.74 Å². The van der Waals surface area contributed by atoms with Gasteiger partial charge in [0.05, 0.1) is 7.11 Å². The zero-order chi connectivity index (χ0) is 15.2. The van der Waals surface area contributed by atoms with E-state index in [1.165, 1.54) is 12.8 Å². The molecule has 0 heterocycles. The topological polar surface area (TPSA) is 32.7 Å². The summed E-state index contributed by atoms with van der Waals surface area (Å²) in [6, 6.07) is 6.49. The molecule has 1 aromatic carbocycles. The van der Waals surface area contributed by atoms with E-state index >= 15 is 0 Å². The number of methoxy groups -OCH3 is 1. The highest BCUT2D eigenvalue weighted by molar-refractivity contribution is 5.44. The van der Waals surface area contributed by atoms with Gasteiger partial charge in [-0.3, -0.25) is 4.90 Å². The summed E-state index contributed by atoms with van der Waals surface area (Å²) in [4.78, 5) is 2.50. The molecule has 3 heteroatoms. The summed E-state index contributed by atoms with van der Waals surface area (Å²) >= 11 is 0. The van der Waals surface area contributed by atoms with Crippen molar-refractivity contribution in [1.29, 1.82) is 0 Å². The quantitative estimate of drug-likeness (QED) is 0.817. The van der Waals surface area contributed by atoms with Crippen molar-refractivity contribution in [2.24, 2.45) is 5.92 Å². The van der Waals surface area contributed by atoms with Crippen LogP contribution in [0.4, 0.5) is 0 Å². The Kier molecular flexibility index (Phi) is 5.67. The van der Waals surface area contributed by atoms with Crippen LogP contribution in [0.25, 0.3) is 0 Å². The van der Waals surface area contributed by atoms with E-state index in [0.717, 1.165) is 35.9 Å².